The summed E-state index contributed by atoms with van der Waals surface area (Å²) < 4.78 is 7.04. The van der Waals surface area contributed by atoms with Gasteiger partial charge in [-0.15, -0.1) is 0 Å². The molecule has 29 heavy (non-hydrogen) atoms. The molecule has 3 aromatic heterocycles. The van der Waals surface area contributed by atoms with Gasteiger partial charge in [0.2, 0.25) is 5.60 Å². The summed E-state index contributed by atoms with van der Waals surface area (Å²) in [6, 6.07) is 9.16. The van der Waals surface area contributed by atoms with Crippen molar-refractivity contribution < 1.29 is 14.4 Å². The van der Waals surface area contributed by atoms with E-state index in [2.05, 4.69) is 20.2 Å². The van der Waals surface area contributed by atoms with Gasteiger partial charge in [-0.2, -0.15) is 5.10 Å². The second-order valence-electron chi connectivity index (χ2n) is 7.23. The summed E-state index contributed by atoms with van der Waals surface area (Å²) in [6.45, 7) is 0.467. The predicted octanol–water partition coefficient (Wildman–Crippen LogP) is 1.73. The molecule has 9 nitrogen and oxygen atoms in total. The number of hydrogen-bond acceptors (Lipinski definition) is 7. The monoisotopic (exact) mass is 390 g/mol. The van der Waals surface area contributed by atoms with Crippen LogP contribution in [-0.4, -0.2) is 54.4 Å². The first kappa shape index (κ1) is 17.5. The molecule has 4 heterocycles. The van der Waals surface area contributed by atoms with E-state index >= 15 is 0 Å². The van der Waals surface area contributed by atoms with Crippen LogP contribution in [-0.2, 0) is 17.4 Å². The highest BCUT2D eigenvalue weighted by molar-refractivity contribution is 5.88. The van der Waals surface area contributed by atoms with Crippen molar-refractivity contribution in [1.29, 1.82) is 0 Å². The summed E-state index contributed by atoms with van der Waals surface area (Å²) in [5.41, 5.74) is 1.19. The molecule has 1 aromatic carbocycles. The minimum atomic E-state index is -1.66. The molecule has 0 radical (unpaired) electrons. The number of nitrogens with zero attached hydrogens (tertiary/aromatic N) is 6. The maximum atomic E-state index is 12.3. The number of aromatic nitrogens is 5. The summed E-state index contributed by atoms with van der Waals surface area (Å²) in [5, 5.41) is 19.9. The zero-order valence-corrected chi connectivity index (χ0v) is 15.9. The van der Waals surface area contributed by atoms with Crippen molar-refractivity contribution in [2.75, 3.05) is 13.6 Å². The van der Waals surface area contributed by atoms with E-state index in [9.17, 15) is 9.90 Å². The third-order valence-corrected chi connectivity index (χ3v) is 5.32. The largest absolute Gasteiger partial charge is 0.373 e. The summed E-state index contributed by atoms with van der Waals surface area (Å²) in [6.07, 6.45) is 3.73. The minimum absolute atomic E-state index is 0.153. The quantitative estimate of drug-likeness (QED) is 0.567. The molecule has 1 amide bonds. The molecule has 1 unspecified atom stereocenters. The van der Waals surface area contributed by atoms with Gasteiger partial charge in [0.1, 0.15) is 5.69 Å². The van der Waals surface area contributed by atoms with Crippen molar-refractivity contribution in [3.8, 4) is 22.6 Å². The van der Waals surface area contributed by atoms with E-state index in [1.54, 1.807) is 30.2 Å². The van der Waals surface area contributed by atoms with E-state index in [1.807, 2.05) is 31.3 Å². The fourth-order valence-electron chi connectivity index (χ4n) is 3.58. The number of carbonyl (C=O) groups is 1. The van der Waals surface area contributed by atoms with Crippen molar-refractivity contribution in [3.63, 3.8) is 0 Å². The van der Waals surface area contributed by atoms with Gasteiger partial charge < -0.3 is 14.5 Å². The molecule has 1 atom stereocenters. The highest BCUT2D eigenvalue weighted by Crippen LogP contribution is 2.35. The number of rotatable bonds is 3. The predicted molar refractivity (Wildman–Crippen MR) is 103 cm³/mol. The average Bonchev–Trinajstić information content (AvgIpc) is 3.44. The first-order valence-corrected chi connectivity index (χ1v) is 9.16. The van der Waals surface area contributed by atoms with Gasteiger partial charge in [0.05, 0.1) is 11.6 Å². The summed E-state index contributed by atoms with van der Waals surface area (Å²) in [4.78, 5) is 22.8. The number of carbonyl (C=O) groups excluding carboxylic acids is 1. The van der Waals surface area contributed by atoms with E-state index in [0.717, 1.165) is 22.2 Å². The fraction of sp³-hybridized carbons (Fsp3) is 0.250. The lowest BCUT2D eigenvalue weighted by Crippen LogP contribution is -2.35. The Morgan fingerprint density at radius 2 is 2.00 bits per heavy atom. The van der Waals surface area contributed by atoms with E-state index in [4.69, 9.17) is 4.52 Å². The van der Waals surface area contributed by atoms with Gasteiger partial charge in [-0.1, -0.05) is 23.4 Å². The van der Waals surface area contributed by atoms with Crippen LogP contribution in [0.1, 0.15) is 12.2 Å². The maximum absolute atomic E-state index is 12.3. The molecule has 1 aliphatic rings. The molecule has 0 spiro atoms. The lowest BCUT2D eigenvalue weighted by molar-refractivity contribution is -0.144. The number of aryl methyl sites for hydroxylation is 1. The summed E-state index contributed by atoms with van der Waals surface area (Å²) >= 11 is 0. The number of fused-ring (bicyclic) bond motifs is 1. The molecule has 1 saturated heterocycles. The molecular weight excluding hydrogens is 372 g/mol. The Labute approximate surface area is 165 Å². The van der Waals surface area contributed by atoms with Crippen molar-refractivity contribution in [2.24, 2.45) is 7.05 Å². The Morgan fingerprint density at radius 3 is 2.79 bits per heavy atom. The lowest BCUT2D eigenvalue weighted by atomic mass is 9.98. The molecule has 0 bridgehead atoms. The number of hydrogen-bond donors (Lipinski definition) is 1. The van der Waals surface area contributed by atoms with Crippen molar-refractivity contribution in [2.45, 2.75) is 12.0 Å². The zero-order valence-electron chi connectivity index (χ0n) is 15.9. The summed E-state index contributed by atoms with van der Waals surface area (Å²) in [5.74, 6) is 0.338. The van der Waals surface area contributed by atoms with Crippen LogP contribution in [0.25, 0.3) is 33.7 Å². The number of amides is 1. The lowest BCUT2D eigenvalue weighted by Gasteiger charge is -2.16. The van der Waals surface area contributed by atoms with Crippen LogP contribution in [0, 0.1) is 0 Å². The van der Waals surface area contributed by atoms with Crippen LogP contribution < -0.4 is 0 Å². The Kier molecular flexibility index (Phi) is 3.75. The number of likely N-dealkylation sites (N-methyl/N-ethyl adjacent to an activating group) is 1. The second kappa shape index (κ2) is 6.21. The molecule has 1 fully saturated rings. The minimum Gasteiger partial charge on any atom is -0.373 e. The molecule has 4 aromatic rings. The molecular formula is C20H18N6O3. The smallest absolute Gasteiger partial charge is 0.262 e. The Hall–Kier alpha value is -3.59. The number of benzene rings is 1. The van der Waals surface area contributed by atoms with Gasteiger partial charge >= 0.3 is 0 Å². The fourth-order valence-corrected chi connectivity index (χ4v) is 3.58. The first-order valence-electron chi connectivity index (χ1n) is 9.16. The Morgan fingerprint density at radius 1 is 1.17 bits per heavy atom. The second-order valence-corrected chi connectivity index (χ2v) is 7.23. The molecule has 0 aliphatic carbocycles. The van der Waals surface area contributed by atoms with Crippen LogP contribution in [0.15, 0.2) is 47.2 Å². The van der Waals surface area contributed by atoms with E-state index in [0.29, 0.717) is 18.1 Å². The SMILES string of the molecule is CN1CCC(O)(c2cc(-c3cccc(-c4ncc5cnn(C)c5n4)c3)no2)C1=O. The van der Waals surface area contributed by atoms with Crippen molar-refractivity contribution in [1.82, 2.24) is 29.8 Å². The van der Waals surface area contributed by atoms with Gasteiger partial charge in [-0.3, -0.25) is 9.48 Å². The molecule has 5 rings (SSSR count). The van der Waals surface area contributed by atoms with E-state index in [-0.39, 0.29) is 18.1 Å². The van der Waals surface area contributed by atoms with Gasteiger partial charge in [-0.25, -0.2) is 9.97 Å². The number of likely N-dealkylation sites (tertiary alicyclic amines) is 1. The van der Waals surface area contributed by atoms with Gasteiger partial charge in [0.25, 0.3) is 5.91 Å². The van der Waals surface area contributed by atoms with Crippen molar-refractivity contribution in [3.05, 3.63) is 48.5 Å². The summed E-state index contributed by atoms with van der Waals surface area (Å²) in [7, 11) is 3.49. The molecule has 146 valence electrons. The van der Waals surface area contributed by atoms with E-state index < -0.39 is 5.60 Å². The third kappa shape index (κ3) is 2.70. The normalized spacial score (nSPS) is 19.4. The number of aliphatic hydroxyl groups is 1. The van der Waals surface area contributed by atoms with Crippen LogP contribution in [0.4, 0.5) is 0 Å². The molecule has 1 N–H and O–H groups in total. The van der Waals surface area contributed by atoms with Gasteiger partial charge in [-0.05, 0) is 6.07 Å². The zero-order chi connectivity index (χ0) is 20.2. The topological polar surface area (TPSA) is 110 Å². The van der Waals surface area contributed by atoms with Crippen molar-refractivity contribution >= 4 is 16.9 Å². The Bertz CT molecular complexity index is 1250. The average molecular weight is 390 g/mol. The highest BCUT2D eigenvalue weighted by Gasteiger charge is 2.48. The van der Waals surface area contributed by atoms with E-state index in [1.165, 1.54) is 4.90 Å². The van der Waals surface area contributed by atoms with Crippen LogP contribution in [0.2, 0.25) is 0 Å². The van der Waals surface area contributed by atoms with Crippen LogP contribution in [0.5, 0.6) is 0 Å². The van der Waals surface area contributed by atoms with Gasteiger partial charge in [0, 0.05) is 50.5 Å². The first-order chi connectivity index (χ1) is 14.0. The molecule has 0 saturated carbocycles. The van der Waals surface area contributed by atoms with Gasteiger partial charge in [0.15, 0.2) is 17.2 Å². The molecule has 9 heteroatoms. The highest BCUT2D eigenvalue weighted by atomic mass is 16.5. The molecule has 1 aliphatic heterocycles. The van der Waals surface area contributed by atoms with Crippen LogP contribution >= 0.6 is 0 Å². The standard InChI is InChI=1S/C20H18N6O3/c1-25-7-6-20(28,19(25)27)16-9-15(24-29-16)12-4-3-5-13(8-12)17-21-10-14-11-22-26(2)18(14)23-17/h3-5,8-11,28H,6-7H2,1-2H3. The Balaban J connectivity index is 1.51. The van der Waals surface area contributed by atoms with Crippen LogP contribution in [0.3, 0.4) is 0 Å². The maximum Gasteiger partial charge on any atom is 0.262 e. The third-order valence-electron chi connectivity index (χ3n) is 5.32.